The van der Waals surface area contributed by atoms with Gasteiger partial charge in [0.05, 0.1) is 10.2 Å². The molecule has 0 unspecified atom stereocenters. The molecule has 1 aromatic carbocycles. The third-order valence-corrected chi connectivity index (χ3v) is 4.02. The van der Waals surface area contributed by atoms with E-state index in [4.69, 9.17) is 4.74 Å². The molecule has 4 heteroatoms. The largest absolute Gasteiger partial charge is 0.492 e. The normalized spacial score (nSPS) is 16.8. The van der Waals surface area contributed by atoms with Crippen LogP contribution in [-0.2, 0) is 0 Å². The van der Waals surface area contributed by atoms with Crippen LogP contribution in [-0.4, -0.2) is 44.2 Å². The summed E-state index contributed by atoms with van der Waals surface area (Å²) >= 11 is 2.34. The van der Waals surface area contributed by atoms with Crippen LogP contribution in [0.25, 0.3) is 0 Å². The smallest absolute Gasteiger partial charge is 0.132 e. The van der Waals surface area contributed by atoms with Gasteiger partial charge in [-0.1, -0.05) is 6.07 Å². The fourth-order valence-corrected chi connectivity index (χ4v) is 2.95. The van der Waals surface area contributed by atoms with Gasteiger partial charge < -0.3 is 15.0 Å². The van der Waals surface area contributed by atoms with Crippen molar-refractivity contribution in [3.63, 3.8) is 0 Å². The molecule has 0 aliphatic carbocycles. The number of hydrogen-bond donors (Lipinski definition) is 1. The van der Waals surface area contributed by atoms with E-state index in [1.807, 2.05) is 0 Å². The second-order valence-corrected chi connectivity index (χ2v) is 5.89. The second-order valence-electron chi connectivity index (χ2n) is 4.73. The molecule has 0 radical (unpaired) electrons. The third kappa shape index (κ3) is 4.40. The van der Waals surface area contributed by atoms with Crippen molar-refractivity contribution in [2.75, 3.05) is 39.3 Å². The predicted molar refractivity (Wildman–Crippen MR) is 83.3 cm³/mol. The summed E-state index contributed by atoms with van der Waals surface area (Å²) in [5, 5.41) is 3.37. The molecule has 1 fully saturated rings. The first-order chi connectivity index (χ1) is 8.75. The quantitative estimate of drug-likeness (QED) is 0.644. The lowest BCUT2D eigenvalue weighted by molar-refractivity contribution is 0.213. The molecule has 3 nitrogen and oxygen atoms in total. The minimum Gasteiger partial charge on any atom is -0.492 e. The van der Waals surface area contributed by atoms with E-state index in [-0.39, 0.29) is 0 Å². The van der Waals surface area contributed by atoms with E-state index in [9.17, 15) is 0 Å². The van der Waals surface area contributed by atoms with Crippen molar-refractivity contribution in [2.24, 2.45) is 0 Å². The maximum absolute atomic E-state index is 5.83. The van der Waals surface area contributed by atoms with Gasteiger partial charge >= 0.3 is 0 Å². The van der Waals surface area contributed by atoms with Gasteiger partial charge in [0.15, 0.2) is 0 Å². The molecule has 1 aliphatic heterocycles. The topological polar surface area (TPSA) is 24.5 Å². The molecule has 0 amide bonds. The first-order valence-electron chi connectivity index (χ1n) is 6.58. The first-order valence-corrected chi connectivity index (χ1v) is 7.65. The summed E-state index contributed by atoms with van der Waals surface area (Å²) in [5.41, 5.74) is 1.28. The number of halogens is 1. The van der Waals surface area contributed by atoms with Crippen LogP contribution in [0.5, 0.6) is 5.75 Å². The predicted octanol–water partition coefficient (Wildman–Crippen LogP) is 2.27. The maximum Gasteiger partial charge on any atom is 0.132 e. The molecular weight excluding hydrogens is 339 g/mol. The Bertz CT molecular complexity index is 378. The zero-order valence-corrected chi connectivity index (χ0v) is 13.1. The standard InChI is InChI=1S/C14H21IN2O/c1-12-3-4-14(13(15)11-12)18-10-2-7-17-8-5-16-6-9-17/h3-4,11,16H,2,5-10H2,1H3. The van der Waals surface area contributed by atoms with Gasteiger partial charge in [-0.2, -0.15) is 0 Å². The number of aryl methyl sites for hydroxylation is 1. The van der Waals surface area contributed by atoms with E-state index in [0.29, 0.717) is 0 Å². The molecular formula is C14H21IN2O. The van der Waals surface area contributed by atoms with Crippen molar-refractivity contribution in [1.82, 2.24) is 10.2 Å². The van der Waals surface area contributed by atoms with Crippen molar-refractivity contribution >= 4 is 22.6 Å². The number of nitrogens with one attached hydrogen (secondary N) is 1. The average Bonchev–Trinajstić information content (AvgIpc) is 2.38. The highest BCUT2D eigenvalue weighted by Crippen LogP contribution is 2.21. The summed E-state index contributed by atoms with van der Waals surface area (Å²) in [7, 11) is 0. The van der Waals surface area contributed by atoms with Crippen molar-refractivity contribution in [3.05, 3.63) is 27.3 Å². The highest BCUT2D eigenvalue weighted by molar-refractivity contribution is 14.1. The minimum absolute atomic E-state index is 0.809. The average molecular weight is 360 g/mol. The van der Waals surface area contributed by atoms with Gasteiger partial charge in [-0.05, 0) is 53.6 Å². The van der Waals surface area contributed by atoms with Crippen molar-refractivity contribution in [2.45, 2.75) is 13.3 Å². The Kier molecular flexibility index (Phi) is 5.72. The van der Waals surface area contributed by atoms with Crippen LogP contribution in [0.1, 0.15) is 12.0 Å². The highest BCUT2D eigenvalue weighted by Gasteiger charge is 2.08. The first kappa shape index (κ1) is 14.1. The third-order valence-electron chi connectivity index (χ3n) is 3.17. The molecule has 1 heterocycles. The number of piperazine rings is 1. The van der Waals surface area contributed by atoms with Crippen LogP contribution in [0.2, 0.25) is 0 Å². The molecule has 0 saturated carbocycles. The van der Waals surface area contributed by atoms with E-state index >= 15 is 0 Å². The van der Waals surface area contributed by atoms with Gasteiger partial charge in [0.25, 0.3) is 0 Å². The van der Waals surface area contributed by atoms with E-state index in [1.54, 1.807) is 0 Å². The Morgan fingerprint density at radius 1 is 1.33 bits per heavy atom. The molecule has 1 aromatic rings. The molecule has 2 rings (SSSR count). The van der Waals surface area contributed by atoms with Crippen LogP contribution in [0.3, 0.4) is 0 Å². The Morgan fingerprint density at radius 2 is 2.11 bits per heavy atom. The summed E-state index contributed by atoms with van der Waals surface area (Å²) in [6.07, 6.45) is 1.10. The number of rotatable bonds is 5. The fourth-order valence-electron chi connectivity index (χ4n) is 2.13. The number of nitrogens with zero attached hydrogens (tertiary/aromatic N) is 1. The molecule has 1 N–H and O–H groups in total. The molecule has 18 heavy (non-hydrogen) atoms. The lowest BCUT2D eigenvalue weighted by atomic mass is 10.2. The Hall–Kier alpha value is -0.330. The highest BCUT2D eigenvalue weighted by atomic mass is 127. The monoisotopic (exact) mass is 360 g/mol. The molecule has 0 bridgehead atoms. The lowest BCUT2D eigenvalue weighted by Crippen LogP contribution is -2.43. The summed E-state index contributed by atoms with van der Waals surface area (Å²) < 4.78 is 7.04. The van der Waals surface area contributed by atoms with Crippen molar-refractivity contribution < 1.29 is 4.74 Å². The van der Waals surface area contributed by atoms with Gasteiger partial charge in [0.1, 0.15) is 5.75 Å². The van der Waals surface area contributed by atoms with E-state index < -0.39 is 0 Å². The molecule has 100 valence electrons. The van der Waals surface area contributed by atoms with Crippen molar-refractivity contribution in [1.29, 1.82) is 0 Å². The fraction of sp³-hybridized carbons (Fsp3) is 0.571. The van der Waals surface area contributed by atoms with Gasteiger partial charge in [-0.15, -0.1) is 0 Å². The maximum atomic E-state index is 5.83. The summed E-state index contributed by atoms with van der Waals surface area (Å²) in [6, 6.07) is 6.34. The zero-order chi connectivity index (χ0) is 12.8. The minimum atomic E-state index is 0.809. The zero-order valence-electron chi connectivity index (χ0n) is 10.9. The number of benzene rings is 1. The molecule has 0 aromatic heterocycles. The Morgan fingerprint density at radius 3 is 2.83 bits per heavy atom. The summed E-state index contributed by atoms with van der Waals surface area (Å²) in [4.78, 5) is 2.50. The van der Waals surface area contributed by atoms with Gasteiger partial charge in [-0.25, -0.2) is 0 Å². The van der Waals surface area contributed by atoms with Crippen LogP contribution in [0.15, 0.2) is 18.2 Å². The Labute approximate surface area is 123 Å². The van der Waals surface area contributed by atoms with Gasteiger partial charge in [0, 0.05) is 32.7 Å². The lowest BCUT2D eigenvalue weighted by Gasteiger charge is -2.27. The van der Waals surface area contributed by atoms with Gasteiger partial charge in [0.2, 0.25) is 0 Å². The summed E-state index contributed by atoms with van der Waals surface area (Å²) in [5.74, 6) is 1.02. The van der Waals surface area contributed by atoms with Crippen molar-refractivity contribution in [3.8, 4) is 5.75 Å². The molecule has 0 atom stereocenters. The SMILES string of the molecule is Cc1ccc(OCCCN2CCNCC2)c(I)c1. The van der Waals surface area contributed by atoms with E-state index in [2.05, 4.69) is 57.9 Å². The molecule has 0 spiro atoms. The van der Waals surface area contributed by atoms with Crippen LogP contribution >= 0.6 is 22.6 Å². The number of ether oxygens (including phenoxy) is 1. The second kappa shape index (κ2) is 7.31. The molecule has 1 saturated heterocycles. The van der Waals surface area contributed by atoms with Crippen LogP contribution < -0.4 is 10.1 Å². The summed E-state index contributed by atoms with van der Waals surface area (Å²) in [6.45, 7) is 8.64. The van der Waals surface area contributed by atoms with Crippen LogP contribution in [0.4, 0.5) is 0 Å². The van der Waals surface area contributed by atoms with E-state index in [0.717, 1.165) is 38.4 Å². The Balaban J connectivity index is 1.68. The van der Waals surface area contributed by atoms with Crippen LogP contribution in [0, 0.1) is 10.5 Å². The molecule has 1 aliphatic rings. The van der Waals surface area contributed by atoms with Gasteiger partial charge in [-0.3, -0.25) is 0 Å². The number of hydrogen-bond acceptors (Lipinski definition) is 3. The van der Waals surface area contributed by atoms with E-state index in [1.165, 1.54) is 22.2 Å².